The molecule has 15 heavy (non-hydrogen) atoms. The number of halogens is 1. The fourth-order valence-electron chi connectivity index (χ4n) is 1.78. The first-order chi connectivity index (χ1) is 6.95. The summed E-state index contributed by atoms with van der Waals surface area (Å²) in [7, 11) is 0. The van der Waals surface area contributed by atoms with Crippen LogP contribution in [0.4, 0.5) is 0 Å². The van der Waals surface area contributed by atoms with Crippen LogP contribution in [-0.4, -0.2) is 19.7 Å². The summed E-state index contributed by atoms with van der Waals surface area (Å²) in [6, 6.07) is 10.1. The quantitative estimate of drug-likeness (QED) is 0.857. The van der Waals surface area contributed by atoms with E-state index in [1.807, 2.05) is 30.3 Å². The topological polar surface area (TPSA) is 21.3 Å². The molecule has 3 heteroatoms. The lowest BCUT2D eigenvalue weighted by atomic mass is 9.99. The fraction of sp³-hybridized carbons (Fsp3) is 0.500. The van der Waals surface area contributed by atoms with Crippen molar-refractivity contribution in [2.75, 3.05) is 19.7 Å². The smallest absolute Gasteiger partial charge is 0.119 e. The molecule has 0 atom stereocenters. The molecule has 0 unspecified atom stereocenters. The number of para-hydroxylation sites is 1. The molecule has 2 rings (SSSR count). The number of hydrogen-bond donors (Lipinski definition) is 1. The van der Waals surface area contributed by atoms with E-state index in [9.17, 15) is 0 Å². The Morgan fingerprint density at radius 3 is 2.47 bits per heavy atom. The molecule has 0 bridgehead atoms. The number of piperidine rings is 1. The summed E-state index contributed by atoms with van der Waals surface area (Å²) in [5.41, 5.74) is 0. The second kappa shape index (κ2) is 6.70. The van der Waals surface area contributed by atoms with E-state index >= 15 is 0 Å². The summed E-state index contributed by atoms with van der Waals surface area (Å²) >= 11 is 0. The Balaban J connectivity index is 0.00000112. The van der Waals surface area contributed by atoms with E-state index in [0.717, 1.165) is 31.4 Å². The third-order valence-electron chi connectivity index (χ3n) is 2.69. The minimum absolute atomic E-state index is 0. The zero-order valence-corrected chi connectivity index (χ0v) is 9.63. The van der Waals surface area contributed by atoms with Crippen LogP contribution in [0.5, 0.6) is 5.75 Å². The highest BCUT2D eigenvalue weighted by Crippen LogP contribution is 2.15. The van der Waals surface area contributed by atoms with Crippen LogP contribution in [0.15, 0.2) is 30.3 Å². The Labute approximate surface area is 97.4 Å². The molecule has 84 valence electrons. The van der Waals surface area contributed by atoms with Gasteiger partial charge < -0.3 is 10.1 Å². The van der Waals surface area contributed by atoms with Gasteiger partial charge in [0.2, 0.25) is 0 Å². The molecule has 1 saturated heterocycles. The summed E-state index contributed by atoms with van der Waals surface area (Å²) in [6.07, 6.45) is 2.49. The minimum atomic E-state index is 0. The second-order valence-electron chi connectivity index (χ2n) is 3.82. The molecule has 0 aromatic heterocycles. The highest BCUT2D eigenvalue weighted by Gasteiger charge is 2.13. The number of nitrogens with one attached hydrogen (secondary N) is 1. The monoisotopic (exact) mass is 227 g/mol. The van der Waals surface area contributed by atoms with Crippen LogP contribution in [-0.2, 0) is 0 Å². The summed E-state index contributed by atoms with van der Waals surface area (Å²) in [4.78, 5) is 0. The van der Waals surface area contributed by atoms with Gasteiger partial charge in [-0.05, 0) is 44.0 Å². The Kier molecular flexibility index (Phi) is 5.51. The van der Waals surface area contributed by atoms with Gasteiger partial charge in [0, 0.05) is 0 Å². The molecule has 1 aromatic rings. The van der Waals surface area contributed by atoms with E-state index in [0.29, 0.717) is 0 Å². The molecule has 1 N–H and O–H groups in total. The summed E-state index contributed by atoms with van der Waals surface area (Å²) < 4.78 is 5.72. The number of benzene rings is 1. The first kappa shape index (κ1) is 12.3. The van der Waals surface area contributed by atoms with Crippen molar-refractivity contribution in [1.82, 2.24) is 5.32 Å². The molecule has 0 radical (unpaired) electrons. The van der Waals surface area contributed by atoms with Crippen molar-refractivity contribution < 1.29 is 4.74 Å². The molecular weight excluding hydrogens is 210 g/mol. The maximum Gasteiger partial charge on any atom is 0.119 e. The molecular formula is C12H18ClNO. The maximum absolute atomic E-state index is 5.72. The highest BCUT2D eigenvalue weighted by molar-refractivity contribution is 5.85. The standard InChI is InChI=1S/C12H17NO.ClH/c1-2-4-12(5-3-1)14-10-11-6-8-13-9-7-11;/h1-5,11,13H,6-10H2;1H. The number of rotatable bonds is 3. The molecule has 0 amide bonds. The van der Waals surface area contributed by atoms with Gasteiger partial charge in [-0.2, -0.15) is 0 Å². The predicted molar refractivity (Wildman–Crippen MR) is 64.8 cm³/mol. The van der Waals surface area contributed by atoms with Crippen molar-refractivity contribution in [3.63, 3.8) is 0 Å². The lowest BCUT2D eigenvalue weighted by molar-refractivity contribution is 0.215. The lowest BCUT2D eigenvalue weighted by Gasteiger charge is -2.22. The number of hydrogen-bond acceptors (Lipinski definition) is 2. The van der Waals surface area contributed by atoms with E-state index in [1.165, 1.54) is 12.8 Å². The van der Waals surface area contributed by atoms with Crippen LogP contribution in [0.3, 0.4) is 0 Å². The van der Waals surface area contributed by atoms with Gasteiger partial charge in [0.15, 0.2) is 0 Å². The van der Waals surface area contributed by atoms with Gasteiger partial charge in [-0.3, -0.25) is 0 Å². The van der Waals surface area contributed by atoms with Gasteiger partial charge in [-0.25, -0.2) is 0 Å². The van der Waals surface area contributed by atoms with Crippen molar-refractivity contribution in [2.24, 2.45) is 5.92 Å². The van der Waals surface area contributed by atoms with E-state index in [4.69, 9.17) is 4.74 Å². The Morgan fingerprint density at radius 1 is 1.13 bits per heavy atom. The largest absolute Gasteiger partial charge is 0.493 e. The Hall–Kier alpha value is -0.730. The molecule has 0 aliphatic carbocycles. The van der Waals surface area contributed by atoms with Crippen LogP contribution in [0.1, 0.15) is 12.8 Å². The Bertz CT molecular complexity index is 260. The second-order valence-corrected chi connectivity index (χ2v) is 3.82. The van der Waals surface area contributed by atoms with Gasteiger partial charge in [-0.15, -0.1) is 12.4 Å². The number of ether oxygens (including phenoxy) is 1. The fourth-order valence-corrected chi connectivity index (χ4v) is 1.78. The third kappa shape index (κ3) is 4.10. The molecule has 1 aliphatic heterocycles. The molecule has 1 aromatic carbocycles. The van der Waals surface area contributed by atoms with Gasteiger partial charge in [-0.1, -0.05) is 18.2 Å². The molecule has 1 fully saturated rings. The first-order valence-corrected chi connectivity index (χ1v) is 5.34. The van der Waals surface area contributed by atoms with E-state index < -0.39 is 0 Å². The van der Waals surface area contributed by atoms with E-state index in [2.05, 4.69) is 5.32 Å². The lowest BCUT2D eigenvalue weighted by Crippen LogP contribution is -2.30. The van der Waals surface area contributed by atoms with Gasteiger partial charge >= 0.3 is 0 Å². The van der Waals surface area contributed by atoms with Crippen molar-refractivity contribution in [2.45, 2.75) is 12.8 Å². The minimum Gasteiger partial charge on any atom is -0.493 e. The molecule has 1 aliphatic rings. The van der Waals surface area contributed by atoms with Crippen LogP contribution in [0.2, 0.25) is 0 Å². The summed E-state index contributed by atoms with van der Waals surface area (Å²) in [5, 5.41) is 3.36. The summed E-state index contributed by atoms with van der Waals surface area (Å²) in [6.45, 7) is 3.15. The maximum atomic E-state index is 5.72. The average Bonchev–Trinajstić information content (AvgIpc) is 2.29. The van der Waals surface area contributed by atoms with Crippen LogP contribution in [0, 0.1) is 5.92 Å². The SMILES string of the molecule is Cl.c1ccc(OCC2CCNCC2)cc1. The Morgan fingerprint density at radius 2 is 1.80 bits per heavy atom. The van der Waals surface area contributed by atoms with Crippen molar-refractivity contribution >= 4 is 12.4 Å². The highest BCUT2D eigenvalue weighted by atomic mass is 35.5. The molecule has 0 saturated carbocycles. The van der Waals surface area contributed by atoms with E-state index in [-0.39, 0.29) is 12.4 Å². The average molecular weight is 228 g/mol. The summed E-state index contributed by atoms with van der Waals surface area (Å²) in [5.74, 6) is 1.72. The van der Waals surface area contributed by atoms with Crippen molar-refractivity contribution in [3.05, 3.63) is 30.3 Å². The van der Waals surface area contributed by atoms with Crippen molar-refractivity contribution in [1.29, 1.82) is 0 Å². The van der Waals surface area contributed by atoms with Crippen molar-refractivity contribution in [3.8, 4) is 5.75 Å². The van der Waals surface area contributed by atoms with Gasteiger partial charge in [0.1, 0.15) is 5.75 Å². The normalized spacial score (nSPS) is 16.8. The van der Waals surface area contributed by atoms with Crippen LogP contribution >= 0.6 is 12.4 Å². The molecule has 0 spiro atoms. The zero-order valence-electron chi connectivity index (χ0n) is 8.82. The zero-order chi connectivity index (χ0) is 9.64. The predicted octanol–water partition coefficient (Wildman–Crippen LogP) is 2.49. The van der Waals surface area contributed by atoms with Gasteiger partial charge in [0.05, 0.1) is 6.61 Å². The first-order valence-electron chi connectivity index (χ1n) is 5.34. The molecule has 2 nitrogen and oxygen atoms in total. The van der Waals surface area contributed by atoms with Gasteiger partial charge in [0.25, 0.3) is 0 Å². The van der Waals surface area contributed by atoms with Crippen LogP contribution in [0.25, 0.3) is 0 Å². The van der Waals surface area contributed by atoms with Crippen LogP contribution < -0.4 is 10.1 Å². The third-order valence-corrected chi connectivity index (χ3v) is 2.69. The molecule has 1 heterocycles. The van der Waals surface area contributed by atoms with E-state index in [1.54, 1.807) is 0 Å².